The summed E-state index contributed by atoms with van der Waals surface area (Å²) >= 11 is 0. The summed E-state index contributed by atoms with van der Waals surface area (Å²) in [6.07, 6.45) is 2.92. The zero-order chi connectivity index (χ0) is 17.6. The first kappa shape index (κ1) is 17.7. The van der Waals surface area contributed by atoms with Crippen molar-refractivity contribution in [3.05, 3.63) is 29.8 Å². The number of ether oxygens (including phenoxy) is 2. The number of amides is 2. The minimum atomic E-state index is -0.268. The number of rotatable bonds is 5. The number of para-hydroxylation sites is 1. The number of carbonyl (C=O) groups excluding carboxylic acids is 2. The molecule has 136 valence electrons. The van der Waals surface area contributed by atoms with E-state index in [1.165, 1.54) is 0 Å². The average Bonchev–Trinajstić information content (AvgIpc) is 3.20. The van der Waals surface area contributed by atoms with Crippen molar-refractivity contribution in [2.75, 3.05) is 26.8 Å². The highest BCUT2D eigenvalue weighted by Gasteiger charge is 2.32. The van der Waals surface area contributed by atoms with Crippen molar-refractivity contribution in [3.63, 3.8) is 0 Å². The topological polar surface area (TPSA) is 67.9 Å². The number of nitrogens with one attached hydrogen (secondary N) is 1. The molecule has 1 aromatic rings. The van der Waals surface area contributed by atoms with Gasteiger partial charge in [-0.25, -0.2) is 0 Å². The Morgan fingerprint density at radius 2 is 2.00 bits per heavy atom. The lowest BCUT2D eigenvalue weighted by molar-refractivity contribution is -0.143. The standard InChI is InChI=1S/C19H26N2O4/c1-24-16-6-3-2-5-15(16)13-20-18(22)14-8-10-21(11-9-14)19(23)17-7-4-12-25-17/h2-3,5-6,14,17H,4,7-13H2,1H3,(H,20,22). The first-order chi connectivity index (χ1) is 12.2. The fourth-order valence-electron chi connectivity index (χ4n) is 3.51. The van der Waals surface area contributed by atoms with Crippen LogP contribution in [0.4, 0.5) is 0 Å². The Labute approximate surface area is 148 Å². The van der Waals surface area contributed by atoms with Gasteiger partial charge < -0.3 is 19.7 Å². The molecule has 1 aromatic carbocycles. The Balaban J connectivity index is 1.46. The molecule has 0 radical (unpaired) electrons. The van der Waals surface area contributed by atoms with Crippen LogP contribution in [0.5, 0.6) is 5.75 Å². The second kappa shape index (κ2) is 8.34. The number of likely N-dealkylation sites (tertiary alicyclic amines) is 1. The van der Waals surface area contributed by atoms with Gasteiger partial charge in [-0.2, -0.15) is 0 Å². The predicted octanol–water partition coefficient (Wildman–Crippen LogP) is 1.73. The van der Waals surface area contributed by atoms with Crippen molar-refractivity contribution >= 4 is 11.8 Å². The van der Waals surface area contributed by atoms with E-state index >= 15 is 0 Å². The molecule has 0 aromatic heterocycles. The molecule has 2 saturated heterocycles. The molecule has 2 aliphatic rings. The van der Waals surface area contributed by atoms with Crippen LogP contribution in [0.1, 0.15) is 31.2 Å². The first-order valence-electron chi connectivity index (χ1n) is 8.99. The van der Waals surface area contributed by atoms with Crippen LogP contribution < -0.4 is 10.1 Å². The fraction of sp³-hybridized carbons (Fsp3) is 0.579. The van der Waals surface area contributed by atoms with Gasteiger partial charge in [0.2, 0.25) is 5.91 Å². The molecule has 0 spiro atoms. The average molecular weight is 346 g/mol. The Hall–Kier alpha value is -2.08. The third-order valence-electron chi connectivity index (χ3n) is 5.03. The number of nitrogens with zero attached hydrogens (tertiary/aromatic N) is 1. The number of benzene rings is 1. The summed E-state index contributed by atoms with van der Waals surface area (Å²) in [6, 6.07) is 7.67. The number of hydrogen-bond donors (Lipinski definition) is 1. The molecule has 1 N–H and O–H groups in total. The highest BCUT2D eigenvalue weighted by molar-refractivity contribution is 5.82. The SMILES string of the molecule is COc1ccccc1CNC(=O)C1CCN(C(=O)C2CCCO2)CC1. The smallest absolute Gasteiger partial charge is 0.251 e. The second-order valence-corrected chi connectivity index (χ2v) is 6.63. The molecule has 25 heavy (non-hydrogen) atoms. The Bertz CT molecular complexity index is 605. The van der Waals surface area contributed by atoms with Gasteiger partial charge in [0, 0.05) is 37.7 Å². The van der Waals surface area contributed by atoms with Crippen LogP contribution in [-0.2, 0) is 20.9 Å². The monoisotopic (exact) mass is 346 g/mol. The molecule has 2 fully saturated rings. The van der Waals surface area contributed by atoms with Gasteiger partial charge in [0.15, 0.2) is 0 Å². The van der Waals surface area contributed by atoms with Crippen LogP contribution in [0.3, 0.4) is 0 Å². The molecule has 1 atom stereocenters. The molecule has 2 amide bonds. The summed E-state index contributed by atoms with van der Waals surface area (Å²) in [5, 5.41) is 3.00. The summed E-state index contributed by atoms with van der Waals surface area (Å²) in [7, 11) is 1.63. The van der Waals surface area contributed by atoms with Crippen LogP contribution in [0.15, 0.2) is 24.3 Å². The van der Waals surface area contributed by atoms with E-state index in [-0.39, 0.29) is 23.8 Å². The van der Waals surface area contributed by atoms with Crippen molar-refractivity contribution in [3.8, 4) is 5.75 Å². The van der Waals surface area contributed by atoms with Crippen molar-refractivity contribution in [1.82, 2.24) is 10.2 Å². The zero-order valence-electron chi connectivity index (χ0n) is 14.7. The van der Waals surface area contributed by atoms with E-state index in [9.17, 15) is 9.59 Å². The number of piperidine rings is 1. The van der Waals surface area contributed by atoms with Gasteiger partial charge in [-0.15, -0.1) is 0 Å². The maximum atomic E-state index is 12.4. The Morgan fingerprint density at radius 3 is 2.68 bits per heavy atom. The van der Waals surface area contributed by atoms with E-state index in [2.05, 4.69) is 5.32 Å². The molecule has 0 bridgehead atoms. The lowest BCUT2D eigenvalue weighted by Gasteiger charge is -2.32. The van der Waals surface area contributed by atoms with Crippen LogP contribution in [0.25, 0.3) is 0 Å². The molecular formula is C19H26N2O4. The molecule has 2 heterocycles. The van der Waals surface area contributed by atoms with Gasteiger partial charge in [0.05, 0.1) is 7.11 Å². The van der Waals surface area contributed by atoms with E-state index < -0.39 is 0 Å². The number of hydrogen-bond acceptors (Lipinski definition) is 4. The highest BCUT2D eigenvalue weighted by Crippen LogP contribution is 2.22. The molecular weight excluding hydrogens is 320 g/mol. The Morgan fingerprint density at radius 1 is 1.24 bits per heavy atom. The van der Waals surface area contributed by atoms with E-state index in [4.69, 9.17) is 9.47 Å². The van der Waals surface area contributed by atoms with Crippen LogP contribution in [0, 0.1) is 5.92 Å². The van der Waals surface area contributed by atoms with Crippen LogP contribution in [0.2, 0.25) is 0 Å². The predicted molar refractivity (Wildman–Crippen MR) is 93.1 cm³/mol. The van der Waals surface area contributed by atoms with Gasteiger partial charge in [-0.3, -0.25) is 9.59 Å². The highest BCUT2D eigenvalue weighted by atomic mass is 16.5. The summed E-state index contributed by atoms with van der Waals surface area (Å²) in [6.45, 7) is 2.40. The van der Waals surface area contributed by atoms with Crippen molar-refractivity contribution < 1.29 is 19.1 Å². The van der Waals surface area contributed by atoms with Gasteiger partial charge in [0.25, 0.3) is 5.91 Å². The summed E-state index contributed by atoms with van der Waals surface area (Å²) in [5.41, 5.74) is 0.962. The van der Waals surface area contributed by atoms with Gasteiger partial charge in [-0.1, -0.05) is 18.2 Å². The maximum absolute atomic E-state index is 12.4. The van der Waals surface area contributed by atoms with Crippen LogP contribution >= 0.6 is 0 Å². The van der Waals surface area contributed by atoms with E-state index in [0.717, 1.165) is 24.2 Å². The third kappa shape index (κ3) is 4.31. The molecule has 1 unspecified atom stereocenters. The molecule has 6 heteroatoms. The Kier molecular flexibility index (Phi) is 5.91. The normalized spacial score (nSPS) is 21.2. The van der Waals surface area contributed by atoms with Crippen molar-refractivity contribution in [2.24, 2.45) is 5.92 Å². The van der Waals surface area contributed by atoms with Crippen molar-refractivity contribution in [1.29, 1.82) is 0 Å². The summed E-state index contributed by atoms with van der Waals surface area (Å²) in [4.78, 5) is 26.6. The zero-order valence-corrected chi connectivity index (χ0v) is 14.7. The van der Waals surface area contributed by atoms with Gasteiger partial charge in [0.1, 0.15) is 11.9 Å². The van der Waals surface area contributed by atoms with Crippen LogP contribution in [-0.4, -0.2) is 49.6 Å². The minimum Gasteiger partial charge on any atom is -0.496 e. The number of methoxy groups -OCH3 is 1. The molecule has 3 rings (SSSR count). The lowest BCUT2D eigenvalue weighted by Crippen LogP contribution is -2.46. The van der Waals surface area contributed by atoms with E-state index in [1.54, 1.807) is 7.11 Å². The largest absolute Gasteiger partial charge is 0.496 e. The van der Waals surface area contributed by atoms with Gasteiger partial charge in [-0.05, 0) is 31.7 Å². The second-order valence-electron chi connectivity index (χ2n) is 6.63. The first-order valence-corrected chi connectivity index (χ1v) is 8.99. The summed E-state index contributed by atoms with van der Waals surface area (Å²) in [5.74, 6) is 0.878. The fourth-order valence-corrected chi connectivity index (χ4v) is 3.51. The molecule has 0 aliphatic carbocycles. The minimum absolute atomic E-state index is 0.0387. The molecule has 0 saturated carbocycles. The third-order valence-corrected chi connectivity index (χ3v) is 5.03. The number of carbonyl (C=O) groups is 2. The van der Waals surface area contributed by atoms with Gasteiger partial charge >= 0.3 is 0 Å². The molecule has 2 aliphatic heterocycles. The van der Waals surface area contributed by atoms with E-state index in [0.29, 0.717) is 39.1 Å². The maximum Gasteiger partial charge on any atom is 0.251 e. The van der Waals surface area contributed by atoms with E-state index in [1.807, 2.05) is 29.2 Å². The quantitative estimate of drug-likeness (QED) is 0.882. The molecule has 6 nitrogen and oxygen atoms in total. The lowest BCUT2D eigenvalue weighted by atomic mass is 9.95. The summed E-state index contributed by atoms with van der Waals surface area (Å²) < 4.78 is 10.8. The van der Waals surface area contributed by atoms with Crippen molar-refractivity contribution in [2.45, 2.75) is 38.3 Å².